The number of nitrogens with zero attached hydrogens (tertiary/aromatic N) is 2. The van der Waals surface area contributed by atoms with Gasteiger partial charge in [-0.05, 0) is 72.1 Å². The van der Waals surface area contributed by atoms with E-state index < -0.39 is 0 Å². The van der Waals surface area contributed by atoms with E-state index in [-0.39, 0.29) is 0 Å². The van der Waals surface area contributed by atoms with Crippen LogP contribution < -0.4 is 0 Å². The van der Waals surface area contributed by atoms with Gasteiger partial charge in [0.2, 0.25) is 0 Å². The first-order chi connectivity index (χ1) is 19.3. The summed E-state index contributed by atoms with van der Waals surface area (Å²) in [7, 11) is 0. The van der Waals surface area contributed by atoms with Gasteiger partial charge in [-0.25, -0.2) is 0 Å². The van der Waals surface area contributed by atoms with Crippen LogP contribution >= 0.6 is 0 Å². The molecule has 0 aliphatic heterocycles. The molecule has 0 radical (unpaired) electrons. The Labute approximate surface area is 227 Å². The predicted octanol–water partition coefficient (Wildman–Crippen LogP) is 9.86. The van der Waals surface area contributed by atoms with E-state index in [1.54, 1.807) is 0 Å². The van der Waals surface area contributed by atoms with Gasteiger partial charge in [0.1, 0.15) is 0 Å². The van der Waals surface area contributed by atoms with E-state index in [9.17, 15) is 0 Å². The Morgan fingerprint density at radius 2 is 0.872 bits per heavy atom. The summed E-state index contributed by atoms with van der Waals surface area (Å²) in [6.45, 7) is 2.18. The lowest BCUT2D eigenvalue weighted by Gasteiger charge is -2.13. The van der Waals surface area contributed by atoms with Gasteiger partial charge in [0.15, 0.2) is 0 Å². The van der Waals surface area contributed by atoms with Crippen molar-refractivity contribution in [3.05, 3.63) is 145 Å². The quantitative estimate of drug-likeness (QED) is 0.229. The molecule has 0 fully saturated rings. The van der Waals surface area contributed by atoms with Crippen molar-refractivity contribution >= 4 is 43.6 Å². The Morgan fingerprint density at radius 3 is 1.46 bits per heavy atom. The molecular weight excluding hydrogens is 472 g/mol. The van der Waals surface area contributed by atoms with Crippen molar-refractivity contribution in [1.82, 2.24) is 9.13 Å². The van der Waals surface area contributed by atoms with Crippen LogP contribution in [0, 0.1) is 6.92 Å². The zero-order valence-electron chi connectivity index (χ0n) is 21.7. The van der Waals surface area contributed by atoms with Crippen molar-refractivity contribution in [2.75, 3.05) is 0 Å². The largest absolute Gasteiger partial charge is 0.309 e. The van der Waals surface area contributed by atoms with Crippen LogP contribution in [0.2, 0.25) is 0 Å². The average Bonchev–Trinajstić information content (AvgIpc) is 3.50. The third-order valence-corrected chi connectivity index (χ3v) is 8.05. The van der Waals surface area contributed by atoms with E-state index in [0.717, 1.165) is 11.4 Å². The van der Waals surface area contributed by atoms with Gasteiger partial charge in [-0.1, -0.05) is 91.0 Å². The van der Waals surface area contributed by atoms with E-state index in [4.69, 9.17) is 0 Å². The lowest BCUT2D eigenvalue weighted by molar-refractivity contribution is 1.13. The molecule has 6 aromatic carbocycles. The monoisotopic (exact) mass is 498 g/mol. The molecule has 0 N–H and O–H groups in total. The van der Waals surface area contributed by atoms with Crippen LogP contribution in [0.1, 0.15) is 5.56 Å². The van der Waals surface area contributed by atoms with Crippen LogP contribution in [0.15, 0.2) is 140 Å². The number of hydrogen-bond acceptors (Lipinski definition) is 0. The fourth-order valence-electron chi connectivity index (χ4n) is 6.29. The Morgan fingerprint density at radius 1 is 0.385 bits per heavy atom. The van der Waals surface area contributed by atoms with Crippen LogP contribution in [-0.4, -0.2) is 9.13 Å². The molecule has 0 bridgehead atoms. The summed E-state index contributed by atoms with van der Waals surface area (Å²) in [4.78, 5) is 0. The first-order valence-electron chi connectivity index (χ1n) is 13.5. The van der Waals surface area contributed by atoms with Crippen LogP contribution in [0.5, 0.6) is 0 Å². The first kappa shape index (κ1) is 22.0. The molecular formula is C37H26N2. The van der Waals surface area contributed by atoms with Crippen LogP contribution in [0.3, 0.4) is 0 Å². The summed E-state index contributed by atoms with van der Waals surface area (Å²) in [5.41, 5.74) is 11.0. The summed E-state index contributed by atoms with van der Waals surface area (Å²) >= 11 is 0. The first-order valence-corrected chi connectivity index (χ1v) is 13.5. The molecule has 2 nitrogen and oxygen atoms in total. The lowest BCUT2D eigenvalue weighted by Crippen LogP contribution is -1.98. The Kier molecular flexibility index (Phi) is 4.77. The van der Waals surface area contributed by atoms with Crippen molar-refractivity contribution in [3.8, 4) is 22.5 Å². The molecule has 184 valence electrons. The molecule has 0 atom stereocenters. The fraction of sp³-hybridized carbons (Fsp3) is 0.0270. The van der Waals surface area contributed by atoms with Crippen LogP contribution in [-0.2, 0) is 0 Å². The zero-order chi connectivity index (χ0) is 25.9. The third kappa shape index (κ3) is 3.28. The molecule has 2 heteroatoms. The fourth-order valence-corrected chi connectivity index (χ4v) is 6.29. The van der Waals surface area contributed by atoms with Crippen molar-refractivity contribution in [2.45, 2.75) is 6.92 Å². The van der Waals surface area contributed by atoms with E-state index in [1.807, 2.05) is 0 Å². The maximum absolute atomic E-state index is 2.41. The molecule has 8 rings (SSSR count). The van der Waals surface area contributed by atoms with E-state index in [2.05, 4.69) is 156 Å². The number of aryl methyl sites for hydroxylation is 1. The smallest absolute Gasteiger partial charge is 0.0541 e. The number of para-hydroxylation sites is 3. The van der Waals surface area contributed by atoms with Crippen LogP contribution in [0.4, 0.5) is 0 Å². The second-order valence-corrected chi connectivity index (χ2v) is 10.3. The van der Waals surface area contributed by atoms with Gasteiger partial charge >= 0.3 is 0 Å². The van der Waals surface area contributed by atoms with Crippen molar-refractivity contribution in [3.63, 3.8) is 0 Å². The summed E-state index contributed by atoms with van der Waals surface area (Å²) in [6.07, 6.45) is 0. The topological polar surface area (TPSA) is 9.86 Å². The summed E-state index contributed by atoms with van der Waals surface area (Å²) in [5, 5.41) is 5.09. The van der Waals surface area contributed by atoms with Crippen LogP contribution in [0.25, 0.3) is 66.1 Å². The molecule has 39 heavy (non-hydrogen) atoms. The minimum Gasteiger partial charge on any atom is -0.309 e. The van der Waals surface area contributed by atoms with E-state index in [0.29, 0.717) is 0 Å². The number of benzene rings is 6. The second-order valence-electron chi connectivity index (χ2n) is 10.3. The van der Waals surface area contributed by atoms with Crippen molar-refractivity contribution in [2.24, 2.45) is 0 Å². The van der Waals surface area contributed by atoms with E-state index in [1.165, 1.54) is 60.3 Å². The summed E-state index contributed by atoms with van der Waals surface area (Å²) in [6, 6.07) is 50.6. The lowest BCUT2D eigenvalue weighted by atomic mass is 9.99. The number of fused-ring (bicyclic) bond motifs is 6. The molecule has 0 spiro atoms. The maximum Gasteiger partial charge on any atom is 0.0541 e. The Balaban J connectivity index is 1.38. The van der Waals surface area contributed by atoms with Gasteiger partial charge in [0.05, 0.1) is 22.1 Å². The normalized spacial score (nSPS) is 11.7. The van der Waals surface area contributed by atoms with Gasteiger partial charge in [-0.2, -0.15) is 0 Å². The van der Waals surface area contributed by atoms with E-state index >= 15 is 0 Å². The molecule has 0 saturated carbocycles. The van der Waals surface area contributed by atoms with Gasteiger partial charge in [0, 0.05) is 32.9 Å². The predicted molar refractivity (Wildman–Crippen MR) is 165 cm³/mol. The number of rotatable bonds is 3. The van der Waals surface area contributed by atoms with Gasteiger partial charge in [-0.15, -0.1) is 0 Å². The van der Waals surface area contributed by atoms with Gasteiger partial charge in [-0.3, -0.25) is 0 Å². The SMILES string of the molecule is Cc1ccccc1-c1ccc2c(c1)c1ccccc1n2-c1cccc(-n2c3ccccc3c3ccccc32)c1. The minimum absolute atomic E-state index is 1.16. The highest BCUT2D eigenvalue weighted by atomic mass is 15.0. The molecule has 0 aliphatic rings. The standard InChI is InChI=1S/C37H26N2/c1-25-11-2-3-14-29(25)26-21-22-37-33(23-26)32-17-6-9-20-36(32)39(37)28-13-10-12-27(24-28)38-34-18-7-4-15-30(34)31-16-5-8-19-35(31)38/h2-24H,1H3. The average molecular weight is 499 g/mol. The molecule has 2 aromatic heterocycles. The van der Waals surface area contributed by atoms with Crippen molar-refractivity contribution in [1.29, 1.82) is 0 Å². The molecule has 2 heterocycles. The van der Waals surface area contributed by atoms with Crippen molar-refractivity contribution < 1.29 is 0 Å². The Hall–Kier alpha value is -5.08. The second kappa shape index (κ2) is 8.47. The molecule has 0 aliphatic carbocycles. The number of aromatic nitrogens is 2. The molecule has 0 unspecified atom stereocenters. The summed E-state index contributed by atoms with van der Waals surface area (Å²) < 4.78 is 4.79. The Bertz CT molecular complexity index is 2140. The molecule has 0 amide bonds. The highest BCUT2D eigenvalue weighted by Gasteiger charge is 2.16. The molecule has 8 aromatic rings. The third-order valence-electron chi connectivity index (χ3n) is 8.05. The minimum atomic E-state index is 1.16. The van der Waals surface area contributed by atoms with Gasteiger partial charge in [0.25, 0.3) is 0 Å². The maximum atomic E-state index is 2.41. The zero-order valence-corrected chi connectivity index (χ0v) is 21.7. The van der Waals surface area contributed by atoms with Gasteiger partial charge < -0.3 is 9.13 Å². The number of hydrogen-bond donors (Lipinski definition) is 0. The highest BCUT2D eigenvalue weighted by Crippen LogP contribution is 2.37. The molecule has 0 saturated heterocycles. The summed E-state index contributed by atoms with van der Waals surface area (Å²) in [5.74, 6) is 0. The highest BCUT2D eigenvalue weighted by molar-refractivity contribution is 6.11.